The van der Waals surface area contributed by atoms with Gasteiger partial charge in [-0.05, 0) is 33.1 Å². The van der Waals surface area contributed by atoms with E-state index < -0.39 is 4.75 Å². The summed E-state index contributed by atoms with van der Waals surface area (Å²) in [6.45, 7) is 8.70. The summed E-state index contributed by atoms with van der Waals surface area (Å²) in [5.74, 6) is -0.142. The van der Waals surface area contributed by atoms with Crippen molar-refractivity contribution in [3.8, 4) is 0 Å². The number of unbranched alkanes of at least 4 members (excludes halogenated alkanes) is 10. The van der Waals surface area contributed by atoms with Gasteiger partial charge in [0.25, 0.3) is 0 Å². The maximum atomic E-state index is 12.1. The molecular formula is C21H40O2S2. The molecule has 0 N–H and O–H groups in total. The van der Waals surface area contributed by atoms with Crippen LogP contribution >= 0.6 is 24.0 Å². The number of esters is 1. The number of ether oxygens (including phenoxy) is 1. The van der Waals surface area contributed by atoms with Crippen molar-refractivity contribution in [2.75, 3.05) is 6.61 Å². The molecule has 0 saturated carbocycles. The van der Waals surface area contributed by atoms with Gasteiger partial charge < -0.3 is 4.74 Å². The van der Waals surface area contributed by atoms with Crippen molar-refractivity contribution in [1.29, 1.82) is 0 Å². The summed E-state index contributed by atoms with van der Waals surface area (Å²) in [7, 11) is 0. The molecule has 0 aromatic heterocycles. The first-order chi connectivity index (χ1) is 11.9. The van der Waals surface area contributed by atoms with Gasteiger partial charge in [0.1, 0.15) is 4.75 Å². The van der Waals surface area contributed by atoms with Gasteiger partial charge >= 0.3 is 5.97 Å². The molecule has 0 bridgehead atoms. The van der Waals surface area contributed by atoms with E-state index >= 15 is 0 Å². The molecule has 25 heavy (non-hydrogen) atoms. The lowest BCUT2D eigenvalue weighted by Crippen LogP contribution is -2.31. The molecule has 0 amide bonds. The van der Waals surface area contributed by atoms with Crippen LogP contribution in [0.4, 0.5) is 0 Å². The van der Waals surface area contributed by atoms with E-state index in [1.807, 2.05) is 13.8 Å². The van der Waals surface area contributed by atoms with Crippen LogP contribution in [0.1, 0.15) is 111 Å². The molecule has 0 radical (unpaired) electrons. The first-order valence-corrected chi connectivity index (χ1v) is 11.6. The zero-order valence-corrected chi connectivity index (χ0v) is 18.7. The lowest BCUT2D eigenvalue weighted by Gasteiger charge is -2.22. The normalized spacial score (nSPS) is 11.5. The number of hydrogen-bond acceptors (Lipinski definition) is 4. The topological polar surface area (TPSA) is 26.3 Å². The smallest absolute Gasteiger partial charge is 0.322 e. The van der Waals surface area contributed by atoms with Crippen LogP contribution in [0.15, 0.2) is 0 Å². The third kappa shape index (κ3) is 14.7. The van der Waals surface area contributed by atoms with Crippen LogP contribution in [-0.4, -0.2) is 21.5 Å². The van der Waals surface area contributed by atoms with E-state index in [0.29, 0.717) is 6.61 Å². The standard InChI is InChI=1S/C21H40O2S2/c1-5-7-9-10-11-12-13-14-15-16-17-19(24)25-21(3,4)20(22)23-18-8-6-2/h5-18H2,1-4H3. The molecule has 0 aliphatic carbocycles. The maximum absolute atomic E-state index is 12.1. The second kappa shape index (κ2) is 16.1. The number of carbonyl (C=O) groups excluding carboxylic acids is 1. The average molecular weight is 389 g/mol. The minimum atomic E-state index is -0.566. The predicted octanol–water partition coefficient (Wildman–Crippen LogP) is 7.48. The summed E-state index contributed by atoms with van der Waals surface area (Å²) >= 11 is 6.98. The minimum absolute atomic E-state index is 0.142. The Morgan fingerprint density at radius 2 is 1.32 bits per heavy atom. The molecule has 0 unspecified atom stereocenters. The largest absolute Gasteiger partial charge is 0.465 e. The lowest BCUT2D eigenvalue weighted by atomic mass is 10.1. The molecule has 0 aliphatic rings. The van der Waals surface area contributed by atoms with E-state index in [1.54, 1.807) is 0 Å². The van der Waals surface area contributed by atoms with Crippen LogP contribution in [0.3, 0.4) is 0 Å². The quantitative estimate of drug-likeness (QED) is 0.155. The van der Waals surface area contributed by atoms with Crippen molar-refractivity contribution < 1.29 is 9.53 Å². The number of thiocarbonyl (C=S) groups is 1. The van der Waals surface area contributed by atoms with Crippen molar-refractivity contribution in [3.05, 3.63) is 0 Å². The average Bonchev–Trinajstić information content (AvgIpc) is 2.56. The Hall–Kier alpha value is -0.0900. The zero-order chi connectivity index (χ0) is 19.0. The molecule has 0 rings (SSSR count). The van der Waals surface area contributed by atoms with Gasteiger partial charge in [0.2, 0.25) is 0 Å². The van der Waals surface area contributed by atoms with Gasteiger partial charge in [-0.2, -0.15) is 0 Å². The van der Waals surface area contributed by atoms with Crippen LogP contribution in [0.5, 0.6) is 0 Å². The molecule has 4 heteroatoms. The van der Waals surface area contributed by atoms with Gasteiger partial charge in [0.15, 0.2) is 0 Å². The first-order valence-electron chi connectivity index (χ1n) is 10.3. The Balaban J connectivity index is 3.66. The van der Waals surface area contributed by atoms with E-state index in [0.717, 1.165) is 29.9 Å². The maximum Gasteiger partial charge on any atom is 0.322 e. The van der Waals surface area contributed by atoms with Crippen molar-refractivity contribution in [3.63, 3.8) is 0 Å². The van der Waals surface area contributed by atoms with Crippen LogP contribution in [0.25, 0.3) is 0 Å². The summed E-state index contributed by atoms with van der Waals surface area (Å²) in [5, 5.41) is 0. The first kappa shape index (κ1) is 24.9. The van der Waals surface area contributed by atoms with Gasteiger partial charge in [0.05, 0.1) is 6.61 Å². The SMILES string of the molecule is CCCCCCCCCCCCC(=S)SC(C)(C)C(=O)OCCCC. The van der Waals surface area contributed by atoms with E-state index in [-0.39, 0.29) is 5.97 Å². The van der Waals surface area contributed by atoms with Crippen LogP contribution < -0.4 is 0 Å². The van der Waals surface area contributed by atoms with E-state index in [4.69, 9.17) is 17.0 Å². The predicted molar refractivity (Wildman–Crippen MR) is 117 cm³/mol. The lowest BCUT2D eigenvalue weighted by molar-refractivity contribution is -0.145. The highest BCUT2D eigenvalue weighted by atomic mass is 32.2. The molecule has 0 fully saturated rings. The molecule has 0 atom stereocenters. The van der Waals surface area contributed by atoms with Crippen molar-refractivity contribution in [2.24, 2.45) is 0 Å². The van der Waals surface area contributed by atoms with Gasteiger partial charge in [-0.25, -0.2) is 0 Å². The third-order valence-electron chi connectivity index (χ3n) is 4.33. The Morgan fingerprint density at radius 1 is 0.840 bits per heavy atom. The molecule has 0 saturated heterocycles. The van der Waals surface area contributed by atoms with Crippen LogP contribution in [-0.2, 0) is 9.53 Å². The van der Waals surface area contributed by atoms with Crippen LogP contribution in [0, 0.1) is 0 Å². The molecule has 148 valence electrons. The molecule has 0 aromatic rings. The van der Waals surface area contributed by atoms with Crippen LogP contribution in [0.2, 0.25) is 0 Å². The molecule has 2 nitrogen and oxygen atoms in total. The Bertz CT molecular complexity index is 354. The van der Waals surface area contributed by atoms with Gasteiger partial charge in [-0.15, -0.1) is 11.8 Å². The highest BCUT2D eigenvalue weighted by molar-refractivity contribution is 8.24. The zero-order valence-electron chi connectivity index (χ0n) is 17.0. The fraction of sp³-hybridized carbons (Fsp3) is 0.905. The van der Waals surface area contributed by atoms with Crippen molar-refractivity contribution >= 4 is 34.1 Å². The Morgan fingerprint density at radius 3 is 1.84 bits per heavy atom. The Kier molecular flexibility index (Phi) is 16.1. The number of hydrogen-bond donors (Lipinski definition) is 0. The van der Waals surface area contributed by atoms with E-state index in [2.05, 4.69) is 13.8 Å². The highest BCUT2D eigenvalue weighted by Gasteiger charge is 2.31. The van der Waals surface area contributed by atoms with Crippen molar-refractivity contribution in [1.82, 2.24) is 0 Å². The summed E-state index contributed by atoms with van der Waals surface area (Å²) in [5.41, 5.74) is 0. The third-order valence-corrected chi connectivity index (χ3v) is 5.89. The fourth-order valence-corrected chi connectivity index (χ4v) is 4.34. The van der Waals surface area contributed by atoms with Gasteiger partial charge in [0, 0.05) is 4.20 Å². The number of carbonyl (C=O) groups is 1. The second-order valence-electron chi connectivity index (χ2n) is 7.41. The summed E-state index contributed by atoms with van der Waals surface area (Å²) < 4.78 is 5.71. The van der Waals surface area contributed by atoms with E-state index in [1.165, 1.54) is 69.5 Å². The number of rotatable bonds is 16. The fourth-order valence-electron chi connectivity index (χ4n) is 2.62. The summed E-state index contributed by atoms with van der Waals surface area (Å²) in [6.07, 6.45) is 16.2. The Labute approximate surface area is 166 Å². The van der Waals surface area contributed by atoms with Gasteiger partial charge in [-0.3, -0.25) is 4.79 Å². The van der Waals surface area contributed by atoms with Gasteiger partial charge in [-0.1, -0.05) is 90.3 Å². The number of thioether (sulfide) groups is 1. The molecule has 0 heterocycles. The van der Waals surface area contributed by atoms with Crippen molar-refractivity contribution in [2.45, 2.75) is 116 Å². The monoisotopic (exact) mass is 388 g/mol. The highest BCUT2D eigenvalue weighted by Crippen LogP contribution is 2.29. The molecule has 0 aliphatic heterocycles. The molecule has 0 aromatic carbocycles. The van der Waals surface area contributed by atoms with E-state index in [9.17, 15) is 4.79 Å². The summed E-state index contributed by atoms with van der Waals surface area (Å²) in [6, 6.07) is 0. The molecular weight excluding hydrogens is 348 g/mol. The summed E-state index contributed by atoms with van der Waals surface area (Å²) in [4.78, 5) is 12.1. The second-order valence-corrected chi connectivity index (χ2v) is 9.87. The molecule has 0 spiro atoms. The minimum Gasteiger partial charge on any atom is -0.465 e.